The molecular weight excluding hydrogens is 407 g/mol. The Morgan fingerprint density at radius 1 is 1.37 bits per heavy atom. The van der Waals surface area contributed by atoms with Crippen molar-refractivity contribution in [2.45, 2.75) is 32.4 Å². The third kappa shape index (κ3) is 3.81. The lowest BCUT2D eigenvalue weighted by atomic mass is 10.0. The first-order valence-electron chi connectivity index (χ1n) is 9.49. The fourth-order valence-corrected chi connectivity index (χ4v) is 4.35. The van der Waals surface area contributed by atoms with Gasteiger partial charge < -0.3 is 10.1 Å². The van der Waals surface area contributed by atoms with Gasteiger partial charge in [-0.3, -0.25) is 9.48 Å². The highest BCUT2D eigenvalue weighted by Crippen LogP contribution is 2.33. The number of benzene rings is 1. The number of thiazole rings is 1. The zero-order chi connectivity index (χ0) is 21.4. The molecule has 1 amide bonds. The summed E-state index contributed by atoms with van der Waals surface area (Å²) in [6.45, 7) is 3.89. The van der Waals surface area contributed by atoms with Crippen LogP contribution in [-0.4, -0.2) is 33.8 Å². The summed E-state index contributed by atoms with van der Waals surface area (Å²) in [6.07, 6.45) is 2.42. The second kappa shape index (κ2) is 8.13. The van der Waals surface area contributed by atoms with E-state index >= 15 is 0 Å². The molecule has 3 aromatic rings. The monoisotopic (exact) mass is 430 g/mol. The summed E-state index contributed by atoms with van der Waals surface area (Å²) in [6, 6.07) is 4.30. The first kappa shape index (κ1) is 20.5. The van der Waals surface area contributed by atoms with Gasteiger partial charge in [-0.25, -0.2) is 20.2 Å². The van der Waals surface area contributed by atoms with Crippen LogP contribution in [0.5, 0.6) is 5.75 Å². The summed E-state index contributed by atoms with van der Waals surface area (Å²) in [5, 5.41) is 7.61. The highest BCUT2D eigenvalue weighted by atomic mass is 32.1. The van der Waals surface area contributed by atoms with Crippen LogP contribution in [0, 0.1) is 19.7 Å². The van der Waals surface area contributed by atoms with Gasteiger partial charge in [-0.1, -0.05) is 0 Å². The number of nitrogens with one attached hydrogen (secondary N) is 3. The first-order chi connectivity index (χ1) is 14.4. The molecule has 0 saturated carbocycles. The Morgan fingerprint density at radius 2 is 2.17 bits per heavy atom. The number of aromatic nitrogens is 3. The minimum Gasteiger partial charge on any atom is -0.494 e. The number of nitrogens with zero attached hydrogens (tertiary/aromatic N) is 3. The average molecular weight is 431 g/mol. The molecule has 1 saturated heterocycles. The third-order valence-corrected chi connectivity index (χ3v) is 6.21. The maximum Gasteiger partial charge on any atom is 0.244 e. The molecule has 10 heteroatoms. The number of hydrogen-bond donors (Lipinski definition) is 3. The maximum atomic E-state index is 14.1. The lowest BCUT2D eigenvalue weighted by molar-refractivity contribution is -0.117. The fourth-order valence-electron chi connectivity index (χ4n) is 3.51. The Morgan fingerprint density at radius 3 is 2.83 bits per heavy atom. The molecule has 2 aromatic heterocycles. The third-order valence-electron chi connectivity index (χ3n) is 5.32. The van der Waals surface area contributed by atoms with E-state index in [4.69, 9.17) is 4.74 Å². The van der Waals surface area contributed by atoms with E-state index in [1.165, 1.54) is 24.5 Å². The lowest BCUT2D eigenvalue weighted by Crippen LogP contribution is -2.39. The quantitative estimate of drug-likeness (QED) is 0.576. The molecule has 2 unspecified atom stereocenters. The molecule has 1 aliphatic rings. The molecule has 3 heterocycles. The van der Waals surface area contributed by atoms with Crippen LogP contribution >= 0.6 is 11.3 Å². The summed E-state index contributed by atoms with van der Waals surface area (Å²) in [5.74, 6) is -0.447. The zero-order valence-electron chi connectivity index (χ0n) is 17.1. The van der Waals surface area contributed by atoms with Crippen molar-refractivity contribution in [3.8, 4) is 17.0 Å². The molecule has 0 bridgehead atoms. The van der Waals surface area contributed by atoms with Crippen LogP contribution in [-0.2, 0) is 11.8 Å². The molecule has 3 N–H and O–H groups in total. The van der Waals surface area contributed by atoms with E-state index in [9.17, 15) is 9.18 Å². The molecule has 30 heavy (non-hydrogen) atoms. The van der Waals surface area contributed by atoms with Gasteiger partial charge in [0.15, 0.2) is 16.7 Å². The largest absolute Gasteiger partial charge is 0.494 e. The summed E-state index contributed by atoms with van der Waals surface area (Å²) in [7, 11) is 3.31. The normalized spacial score (nSPS) is 18.6. The minimum atomic E-state index is -0.453. The molecule has 1 aliphatic heterocycles. The lowest BCUT2D eigenvalue weighted by Gasteiger charge is -2.09. The fraction of sp³-hybridized carbons (Fsp3) is 0.350. The van der Waals surface area contributed by atoms with Crippen LogP contribution in [0.2, 0.25) is 0 Å². The van der Waals surface area contributed by atoms with Gasteiger partial charge >= 0.3 is 0 Å². The standard InChI is InChI=1S/C20H23FN6O2S/c1-10-13(9-22-27(10)3)15-8-16(26-25-15)19(28)24-20-23-18(11(2)30-20)12-5-6-17(29-4)14(21)7-12/h5-7,9,15-16,25-26H,8H2,1-4H3,(H,23,24,28). The minimum absolute atomic E-state index is 0.00492. The average Bonchev–Trinajstić information content (AvgIpc) is 3.42. The molecule has 2 atom stereocenters. The molecule has 0 spiro atoms. The van der Waals surface area contributed by atoms with Crippen molar-refractivity contribution in [1.29, 1.82) is 0 Å². The smallest absolute Gasteiger partial charge is 0.244 e. The van der Waals surface area contributed by atoms with Gasteiger partial charge in [-0.15, -0.1) is 11.3 Å². The van der Waals surface area contributed by atoms with Gasteiger partial charge in [-0.2, -0.15) is 5.10 Å². The number of amides is 1. The highest BCUT2D eigenvalue weighted by Gasteiger charge is 2.32. The maximum absolute atomic E-state index is 14.1. The van der Waals surface area contributed by atoms with E-state index in [-0.39, 0.29) is 17.7 Å². The number of carbonyl (C=O) groups is 1. The predicted octanol–water partition coefficient (Wildman–Crippen LogP) is 2.85. The van der Waals surface area contributed by atoms with E-state index < -0.39 is 11.9 Å². The Kier molecular flexibility index (Phi) is 5.54. The van der Waals surface area contributed by atoms with Crippen LogP contribution < -0.4 is 20.9 Å². The van der Waals surface area contributed by atoms with Gasteiger partial charge in [0, 0.05) is 28.7 Å². The van der Waals surface area contributed by atoms with Gasteiger partial charge in [0.2, 0.25) is 5.91 Å². The Bertz CT molecular complexity index is 1100. The molecule has 0 aliphatic carbocycles. The molecule has 8 nitrogen and oxygen atoms in total. The van der Waals surface area contributed by atoms with Crippen LogP contribution in [0.3, 0.4) is 0 Å². The summed E-state index contributed by atoms with van der Waals surface area (Å²) >= 11 is 1.36. The number of hydrogen-bond acceptors (Lipinski definition) is 7. The first-order valence-corrected chi connectivity index (χ1v) is 10.3. The molecular formula is C20H23FN6O2S. The summed E-state index contributed by atoms with van der Waals surface area (Å²) < 4.78 is 20.8. The number of aryl methyl sites for hydroxylation is 2. The Balaban J connectivity index is 1.45. The van der Waals surface area contributed by atoms with E-state index in [0.717, 1.165) is 16.1 Å². The molecule has 1 fully saturated rings. The Hall–Kier alpha value is -2.82. The van der Waals surface area contributed by atoms with Crippen molar-refractivity contribution in [2.24, 2.45) is 7.05 Å². The van der Waals surface area contributed by atoms with Crippen LogP contribution in [0.4, 0.5) is 9.52 Å². The van der Waals surface area contributed by atoms with Crippen LogP contribution in [0.25, 0.3) is 11.3 Å². The van der Waals surface area contributed by atoms with E-state index in [1.807, 2.05) is 31.8 Å². The predicted molar refractivity (Wildman–Crippen MR) is 113 cm³/mol. The van der Waals surface area contributed by atoms with Crippen LogP contribution in [0.15, 0.2) is 24.4 Å². The number of carbonyl (C=O) groups excluding carboxylic acids is 1. The van der Waals surface area contributed by atoms with Crippen molar-refractivity contribution in [3.05, 3.63) is 46.3 Å². The molecule has 1 aromatic carbocycles. The number of ether oxygens (including phenoxy) is 1. The molecule has 158 valence electrons. The van der Waals surface area contributed by atoms with Gasteiger partial charge in [0.05, 0.1) is 25.0 Å². The SMILES string of the molecule is COc1ccc(-c2nc(NC(=O)C3CC(c4cnn(C)c4C)NN3)sc2C)cc1F. The summed E-state index contributed by atoms with van der Waals surface area (Å²) in [4.78, 5) is 18.1. The Labute approximate surface area is 177 Å². The highest BCUT2D eigenvalue weighted by molar-refractivity contribution is 7.16. The van der Waals surface area contributed by atoms with Crippen LogP contribution in [0.1, 0.15) is 28.6 Å². The van der Waals surface area contributed by atoms with Crippen molar-refractivity contribution in [1.82, 2.24) is 25.6 Å². The topological polar surface area (TPSA) is 93.1 Å². The van der Waals surface area contributed by atoms with Crippen molar-refractivity contribution >= 4 is 22.4 Å². The number of anilines is 1. The number of halogens is 1. The van der Waals surface area contributed by atoms with Gasteiger partial charge in [0.25, 0.3) is 0 Å². The summed E-state index contributed by atoms with van der Waals surface area (Å²) in [5.41, 5.74) is 9.61. The van der Waals surface area contributed by atoms with Crippen molar-refractivity contribution < 1.29 is 13.9 Å². The number of hydrazine groups is 1. The van der Waals surface area contributed by atoms with Gasteiger partial charge in [0.1, 0.15) is 6.04 Å². The van der Waals surface area contributed by atoms with E-state index in [2.05, 4.69) is 26.3 Å². The van der Waals surface area contributed by atoms with E-state index in [0.29, 0.717) is 22.8 Å². The van der Waals surface area contributed by atoms with Crippen molar-refractivity contribution in [2.75, 3.05) is 12.4 Å². The van der Waals surface area contributed by atoms with Crippen molar-refractivity contribution in [3.63, 3.8) is 0 Å². The number of rotatable bonds is 5. The number of methoxy groups -OCH3 is 1. The van der Waals surface area contributed by atoms with E-state index in [1.54, 1.807) is 12.1 Å². The molecule has 0 radical (unpaired) electrons. The second-order valence-corrected chi connectivity index (χ2v) is 8.40. The van der Waals surface area contributed by atoms with Gasteiger partial charge in [-0.05, 0) is 38.5 Å². The molecule has 4 rings (SSSR count). The zero-order valence-corrected chi connectivity index (χ0v) is 17.9. The second-order valence-electron chi connectivity index (χ2n) is 7.20.